The molecule has 0 saturated heterocycles. The molecule has 0 unspecified atom stereocenters. The highest BCUT2D eigenvalue weighted by atomic mass is 16.3. The van der Waals surface area contributed by atoms with Crippen molar-refractivity contribution < 1.29 is 8.83 Å². The molecule has 0 spiro atoms. The van der Waals surface area contributed by atoms with Crippen molar-refractivity contribution in [3.63, 3.8) is 0 Å². The minimum Gasteiger partial charge on any atom is -0.456 e. The molecule has 0 N–H and O–H groups in total. The van der Waals surface area contributed by atoms with Crippen LogP contribution in [0.25, 0.3) is 105 Å². The van der Waals surface area contributed by atoms with E-state index in [0.717, 1.165) is 99.1 Å². The van der Waals surface area contributed by atoms with Crippen LogP contribution in [0.4, 0.5) is 0 Å². The molecule has 4 aromatic heterocycles. The topological polar surface area (TPSA) is 57.0 Å². The Labute approximate surface area is 279 Å². The summed E-state index contributed by atoms with van der Waals surface area (Å²) in [5, 5.41) is 7.52. The molecule has 0 aliphatic carbocycles. The number of rotatable bonds is 3. The fraction of sp³-hybridized carbons (Fsp3) is 0. The maximum absolute atomic E-state index is 6.95. The van der Waals surface area contributed by atoms with Gasteiger partial charge in [0.25, 0.3) is 0 Å². The third-order valence-electron chi connectivity index (χ3n) is 9.81. The predicted molar refractivity (Wildman–Crippen MR) is 199 cm³/mol. The molecule has 5 nitrogen and oxygen atoms in total. The highest BCUT2D eigenvalue weighted by Gasteiger charge is 2.22. The standard InChI is InChI=1S/C44H25N3O2/c1-2-11-27(12-3-1)47-36-19-8-5-15-33(36)40-37(47)24-23-31-30-16-10-17-34(42(30)49-43(31)40)44-45-35-18-7-4-14-32(35)41(46-44)26-21-22-29-28-13-6-9-20-38(28)48-39(29)25-26/h1-25H. The Bertz CT molecular complexity index is 3110. The van der Waals surface area contributed by atoms with Gasteiger partial charge in [-0.15, -0.1) is 0 Å². The van der Waals surface area contributed by atoms with Gasteiger partial charge in [-0.25, -0.2) is 9.97 Å². The van der Waals surface area contributed by atoms with Crippen LogP contribution in [0.15, 0.2) is 160 Å². The summed E-state index contributed by atoms with van der Waals surface area (Å²) in [6.45, 7) is 0. The van der Waals surface area contributed by atoms with Crippen molar-refractivity contribution in [1.82, 2.24) is 14.5 Å². The second-order valence-electron chi connectivity index (χ2n) is 12.5. The molecular weight excluding hydrogens is 603 g/mol. The highest BCUT2D eigenvalue weighted by Crippen LogP contribution is 2.43. The summed E-state index contributed by atoms with van der Waals surface area (Å²) in [7, 11) is 0. The molecule has 0 aliphatic rings. The Morgan fingerprint density at radius 2 is 1.16 bits per heavy atom. The number of benzene rings is 7. The quantitative estimate of drug-likeness (QED) is 0.196. The van der Waals surface area contributed by atoms with Gasteiger partial charge in [-0.05, 0) is 60.7 Å². The molecule has 0 aliphatic heterocycles. The molecule has 7 aromatic carbocycles. The van der Waals surface area contributed by atoms with Gasteiger partial charge in [0.2, 0.25) is 0 Å². The Kier molecular flexibility index (Phi) is 5.32. The summed E-state index contributed by atoms with van der Waals surface area (Å²) in [6, 6.07) is 52.4. The van der Waals surface area contributed by atoms with Gasteiger partial charge < -0.3 is 13.4 Å². The normalized spacial score (nSPS) is 12.1. The number of nitrogens with zero attached hydrogens (tertiary/aromatic N) is 3. The van der Waals surface area contributed by atoms with Crippen LogP contribution >= 0.6 is 0 Å². The van der Waals surface area contributed by atoms with Gasteiger partial charge in [0.15, 0.2) is 5.82 Å². The molecule has 4 heterocycles. The van der Waals surface area contributed by atoms with Crippen molar-refractivity contribution in [2.75, 3.05) is 0 Å². The lowest BCUT2D eigenvalue weighted by Crippen LogP contribution is -1.95. The van der Waals surface area contributed by atoms with Crippen molar-refractivity contribution in [2.45, 2.75) is 0 Å². The predicted octanol–water partition coefficient (Wildman–Crippen LogP) is 11.9. The summed E-state index contributed by atoms with van der Waals surface area (Å²) in [5.74, 6) is 0.617. The average molecular weight is 628 g/mol. The molecule has 5 heteroatoms. The van der Waals surface area contributed by atoms with Gasteiger partial charge in [-0.2, -0.15) is 0 Å². The summed E-state index contributed by atoms with van der Waals surface area (Å²) in [5.41, 5.74) is 10.2. The summed E-state index contributed by atoms with van der Waals surface area (Å²) >= 11 is 0. The van der Waals surface area contributed by atoms with E-state index >= 15 is 0 Å². The number of para-hydroxylation sites is 5. The maximum atomic E-state index is 6.95. The molecule has 49 heavy (non-hydrogen) atoms. The Hall–Kier alpha value is -6.72. The third kappa shape index (κ3) is 3.75. The van der Waals surface area contributed by atoms with Crippen LogP contribution in [0.3, 0.4) is 0 Å². The minimum absolute atomic E-state index is 0.617. The molecule has 0 atom stereocenters. The van der Waals surface area contributed by atoms with Gasteiger partial charge in [-0.3, -0.25) is 0 Å². The van der Waals surface area contributed by atoms with E-state index in [1.165, 1.54) is 0 Å². The van der Waals surface area contributed by atoms with Crippen molar-refractivity contribution in [1.29, 1.82) is 0 Å². The molecule has 11 rings (SSSR count). The van der Waals surface area contributed by atoms with Crippen molar-refractivity contribution >= 4 is 76.6 Å². The smallest absolute Gasteiger partial charge is 0.164 e. The first-order chi connectivity index (χ1) is 24.3. The van der Waals surface area contributed by atoms with Crippen molar-refractivity contribution in [3.8, 4) is 28.3 Å². The zero-order valence-electron chi connectivity index (χ0n) is 26.1. The number of fused-ring (bicyclic) bond motifs is 11. The van der Waals surface area contributed by atoms with E-state index in [0.29, 0.717) is 5.82 Å². The molecule has 0 fully saturated rings. The van der Waals surface area contributed by atoms with Crippen LogP contribution in [0.5, 0.6) is 0 Å². The van der Waals surface area contributed by atoms with Gasteiger partial charge >= 0.3 is 0 Å². The first kappa shape index (κ1) is 26.4. The Morgan fingerprint density at radius 3 is 2.08 bits per heavy atom. The average Bonchev–Trinajstić information content (AvgIpc) is 3.84. The van der Waals surface area contributed by atoms with E-state index in [4.69, 9.17) is 18.8 Å². The monoisotopic (exact) mass is 627 g/mol. The SMILES string of the molecule is c1ccc(-n2c3ccccc3c3c4oc5c(-c6nc(-c7ccc8c(c7)oc7ccccc78)c7ccccc7n6)cccc5c4ccc32)cc1. The highest BCUT2D eigenvalue weighted by molar-refractivity contribution is 6.24. The molecule has 11 aromatic rings. The fourth-order valence-corrected chi connectivity index (χ4v) is 7.63. The van der Waals surface area contributed by atoms with Crippen LogP contribution in [-0.4, -0.2) is 14.5 Å². The first-order valence-corrected chi connectivity index (χ1v) is 16.4. The summed E-state index contributed by atoms with van der Waals surface area (Å²) < 4.78 is 15.5. The number of hydrogen-bond donors (Lipinski definition) is 0. The van der Waals surface area contributed by atoms with E-state index in [2.05, 4.69) is 114 Å². The molecule has 0 saturated carbocycles. The van der Waals surface area contributed by atoms with Gasteiger partial charge in [0.05, 0.1) is 33.2 Å². The first-order valence-electron chi connectivity index (χ1n) is 16.4. The second-order valence-corrected chi connectivity index (χ2v) is 12.5. The van der Waals surface area contributed by atoms with Gasteiger partial charge in [0, 0.05) is 43.6 Å². The van der Waals surface area contributed by atoms with Gasteiger partial charge in [0.1, 0.15) is 22.3 Å². The minimum atomic E-state index is 0.617. The van der Waals surface area contributed by atoms with E-state index in [9.17, 15) is 0 Å². The van der Waals surface area contributed by atoms with Crippen LogP contribution in [0.1, 0.15) is 0 Å². The second kappa shape index (κ2) is 9.89. The number of hydrogen-bond acceptors (Lipinski definition) is 4. The third-order valence-corrected chi connectivity index (χ3v) is 9.81. The fourth-order valence-electron chi connectivity index (χ4n) is 7.63. The molecule has 0 bridgehead atoms. The van der Waals surface area contributed by atoms with Crippen LogP contribution in [0, 0.1) is 0 Å². The van der Waals surface area contributed by atoms with Gasteiger partial charge in [-0.1, -0.05) is 91.0 Å². The molecule has 0 radical (unpaired) electrons. The molecule has 228 valence electrons. The van der Waals surface area contributed by atoms with E-state index in [-0.39, 0.29) is 0 Å². The molecule has 0 amide bonds. The van der Waals surface area contributed by atoms with E-state index in [1.807, 2.05) is 42.5 Å². The van der Waals surface area contributed by atoms with Crippen LogP contribution in [-0.2, 0) is 0 Å². The lowest BCUT2D eigenvalue weighted by molar-refractivity contribution is 0.669. The Balaban J connectivity index is 1.17. The number of furan rings is 2. The maximum Gasteiger partial charge on any atom is 0.164 e. The lowest BCUT2D eigenvalue weighted by atomic mass is 10.0. The zero-order valence-corrected chi connectivity index (χ0v) is 26.1. The molecular formula is C44H25N3O2. The van der Waals surface area contributed by atoms with E-state index in [1.54, 1.807) is 0 Å². The Morgan fingerprint density at radius 1 is 0.449 bits per heavy atom. The van der Waals surface area contributed by atoms with Crippen molar-refractivity contribution in [3.05, 3.63) is 152 Å². The number of aromatic nitrogens is 3. The summed E-state index contributed by atoms with van der Waals surface area (Å²) in [6.07, 6.45) is 0. The summed E-state index contributed by atoms with van der Waals surface area (Å²) in [4.78, 5) is 10.4. The van der Waals surface area contributed by atoms with Crippen LogP contribution in [0.2, 0.25) is 0 Å². The van der Waals surface area contributed by atoms with Crippen LogP contribution < -0.4 is 0 Å². The van der Waals surface area contributed by atoms with Crippen molar-refractivity contribution in [2.24, 2.45) is 0 Å². The largest absolute Gasteiger partial charge is 0.456 e. The lowest BCUT2D eigenvalue weighted by Gasteiger charge is -2.10. The van der Waals surface area contributed by atoms with E-state index < -0.39 is 0 Å². The zero-order chi connectivity index (χ0) is 32.1.